The van der Waals surface area contributed by atoms with Crippen LogP contribution in [-0.2, 0) is 4.79 Å². The van der Waals surface area contributed by atoms with E-state index in [2.05, 4.69) is 10.3 Å². The van der Waals surface area contributed by atoms with Crippen molar-refractivity contribution in [3.63, 3.8) is 0 Å². The van der Waals surface area contributed by atoms with Crippen molar-refractivity contribution in [3.05, 3.63) is 30.1 Å². The van der Waals surface area contributed by atoms with Gasteiger partial charge in [-0.25, -0.2) is 0 Å². The molecule has 1 unspecified atom stereocenters. The average Bonchev–Trinajstić information content (AvgIpc) is 2.78. The van der Waals surface area contributed by atoms with Gasteiger partial charge in [-0.1, -0.05) is 0 Å². The van der Waals surface area contributed by atoms with Crippen LogP contribution in [0, 0.1) is 0 Å². The van der Waals surface area contributed by atoms with Crippen molar-refractivity contribution >= 4 is 12.3 Å². The average molecular weight is 219 g/mol. The van der Waals surface area contributed by atoms with Crippen LogP contribution in [0.2, 0.25) is 0 Å². The van der Waals surface area contributed by atoms with Gasteiger partial charge in [0.05, 0.1) is 5.56 Å². The minimum atomic E-state index is -0.176. The Bertz CT molecular complexity index is 380. The summed E-state index contributed by atoms with van der Waals surface area (Å²) < 4.78 is 0. The summed E-state index contributed by atoms with van der Waals surface area (Å²) in [6, 6.07) is 3.46. The molecule has 1 aliphatic heterocycles. The Hall–Kier alpha value is -1.91. The highest BCUT2D eigenvalue weighted by atomic mass is 16.2. The molecule has 1 saturated heterocycles. The maximum atomic E-state index is 12.1. The Morgan fingerprint density at radius 1 is 1.62 bits per heavy atom. The summed E-state index contributed by atoms with van der Waals surface area (Å²) in [6.45, 7) is 0.680. The molecule has 0 radical (unpaired) electrons. The molecule has 0 spiro atoms. The van der Waals surface area contributed by atoms with Gasteiger partial charge in [0.1, 0.15) is 6.17 Å². The molecular formula is C11H13N3O2. The first kappa shape index (κ1) is 10.6. The van der Waals surface area contributed by atoms with Crippen molar-refractivity contribution in [2.75, 3.05) is 6.54 Å². The number of hydrogen-bond acceptors (Lipinski definition) is 3. The number of amides is 2. The molecule has 1 aromatic rings. The highest BCUT2D eigenvalue weighted by Gasteiger charge is 2.28. The van der Waals surface area contributed by atoms with E-state index in [1.165, 1.54) is 0 Å². The smallest absolute Gasteiger partial charge is 0.257 e. The topological polar surface area (TPSA) is 62.3 Å². The van der Waals surface area contributed by atoms with Gasteiger partial charge in [-0.2, -0.15) is 0 Å². The van der Waals surface area contributed by atoms with E-state index >= 15 is 0 Å². The van der Waals surface area contributed by atoms with Gasteiger partial charge in [0, 0.05) is 18.9 Å². The summed E-state index contributed by atoms with van der Waals surface area (Å²) >= 11 is 0. The van der Waals surface area contributed by atoms with Crippen molar-refractivity contribution in [3.8, 4) is 0 Å². The summed E-state index contributed by atoms with van der Waals surface area (Å²) in [5.74, 6) is -0.0787. The van der Waals surface area contributed by atoms with E-state index < -0.39 is 0 Å². The van der Waals surface area contributed by atoms with Crippen LogP contribution in [0.4, 0.5) is 0 Å². The normalized spacial score (nSPS) is 19.5. The summed E-state index contributed by atoms with van der Waals surface area (Å²) in [7, 11) is 0. The van der Waals surface area contributed by atoms with Crippen LogP contribution in [0.15, 0.2) is 24.5 Å². The number of nitrogens with one attached hydrogen (secondary N) is 1. The van der Waals surface area contributed by atoms with E-state index in [0.717, 1.165) is 12.8 Å². The van der Waals surface area contributed by atoms with Crippen molar-refractivity contribution in [1.82, 2.24) is 15.2 Å². The van der Waals surface area contributed by atoms with Crippen LogP contribution in [0.3, 0.4) is 0 Å². The molecule has 16 heavy (non-hydrogen) atoms. The first-order chi connectivity index (χ1) is 7.83. The Labute approximate surface area is 93.5 Å². The zero-order valence-electron chi connectivity index (χ0n) is 8.80. The molecule has 1 N–H and O–H groups in total. The number of carbonyl (C=O) groups is 2. The molecule has 2 amide bonds. The molecule has 0 bridgehead atoms. The second-order valence-corrected chi connectivity index (χ2v) is 3.68. The highest BCUT2D eigenvalue weighted by Crippen LogP contribution is 2.17. The second kappa shape index (κ2) is 4.74. The van der Waals surface area contributed by atoms with Crippen molar-refractivity contribution in [2.45, 2.75) is 19.0 Å². The number of nitrogens with zero attached hydrogens (tertiary/aromatic N) is 2. The monoisotopic (exact) mass is 219 g/mol. The third-order valence-electron chi connectivity index (χ3n) is 2.68. The molecule has 5 heteroatoms. The van der Waals surface area contributed by atoms with Gasteiger partial charge in [-0.05, 0) is 25.0 Å². The minimum absolute atomic E-state index is 0.0787. The first-order valence-corrected chi connectivity index (χ1v) is 5.23. The lowest BCUT2D eigenvalue weighted by Gasteiger charge is -2.23. The molecule has 2 heterocycles. The van der Waals surface area contributed by atoms with Crippen molar-refractivity contribution in [2.24, 2.45) is 0 Å². The molecule has 5 nitrogen and oxygen atoms in total. The first-order valence-electron chi connectivity index (χ1n) is 5.23. The molecule has 1 aliphatic rings. The van der Waals surface area contributed by atoms with Crippen LogP contribution in [0.5, 0.6) is 0 Å². The number of hydrogen-bond donors (Lipinski definition) is 1. The largest absolute Gasteiger partial charge is 0.338 e. The number of likely N-dealkylation sites (tertiary alicyclic amines) is 1. The molecule has 84 valence electrons. The molecule has 0 aliphatic carbocycles. The Kier molecular flexibility index (Phi) is 3.14. The van der Waals surface area contributed by atoms with Crippen LogP contribution in [0.1, 0.15) is 23.2 Å². The van der Waals surface area contributed by atoms with E-state index in [-0.39, 0.29) is 12.1 Å². The zero-order valence-corrected chi connectivity index (χ0v) is 8.80. The Morgan fingerprint density at radius 3 is 3.19 bits per heavy atom. The number of rotatable bonds is 3. The van der Waals surface area contributed by atoms with Gasteiger partial charge < -0.3 is 10.2 Å². The van der Waals surface area contributed by atoms with Gasteiger partial charge >= 0.3 is 0 Å². The number of pyridine rings is 1. The lowest BCUT2D eigenvalue weighted by molar-refractivity contribution is -0.110. The maximum absolute atomic E-state index is 12.1. The summed E-state index contributed by atoms with van der Waals surface area (Å²) in [4.78, 5) is 28.0. The van der Waals surface area contributed by atoms with Crippen LogP contribution in [0.25, 0.3) is 0 Å². The molecule has 0 aromatic carbocycles. The predicted molar refractivity (Wildman–Crippen MR) is 57.5 cm³/mol. The van der Waals surface area contributed by atoms with E-state index in [9.17, 15) is 9.59 Å². The summed E-state index contributed by atoms with van der Waals surface area (Å²) in [5.41, 5.74) is 0.557. The molecule has 2 rings (SSSR count). The summed E-state index contributed by atoms with van der Waals surface area (Å²) in [5, 5.41) is 2.65. The standard InChI is InChI=1S/C11H13N3O2/c15-8-13-10-4-2-6-14(10)11(16)9-3-1-5-12-7-9/h1,3,5,7-8,10H,2,4,6H2,(H,13,15). The molecule has 1 fully saturated rings. The minimum Gasteiger partial charge on any atom is -0.338 e. The lowest BCUT2D eigenvalue weighted by Crippen LogP contribution is -2.44. The van der Waals surface area contributed by atoms with Gasteiger partial charge in [0.15, 0.2) is 0 Å². The van der Waals surface area contributed by atoms with E-state index in [1.54, 1.807) is 29.4 Å². The third-order valence-corrected chi connectivity index (χ3v) is 2.68. The molecule has 0 saturated carbocycles. The van der Waals surface area contributed by atoms with E-state index in [0.29, 0.717) is 18.5 Å². The number of aromatic nitrogens is 1. The van der Waals surface area contributed by atoms with Crippen LogP contribution < -0.4 is 5.32 Å². The van der Waals surface area contributed by atoms with Crippen LogP contribution in [-0.4, -0.2) is 34.9 Å². The predicted octanol–water partition coefficient (Wildman–Crippen LogP) is 0.390. The highest BCUT2D eigenvalue weighted by molar-refractivity contribution is 5.94. The molecular weight excluding hydrogens is 206 g/mol. The van der Waals surface area contributed by atoms with Gasteiger partial charge in [-0.15, -0.1) is 0 Å². The van der Waals surface area contributed by atoms with Crippen molar-refractivity contribution < 1.29 is 9.59 Å². The molecule has 1 atom stereocenters. The van der Waals surface area contributed by atoms with Gasteiger partial charge in [-0.3, -0.25) is 14.6 Å². The lowest BCUT2D eigenvalue weighted by atomic mass is 10.2. The van der Waals surface area contributed by atoms with Crippen LogP contribution >= 0.6 is 0 Å². The van der Waals surface area contributed by atoms with E-state index in [1.807, 2.05) is 0 Å². The quantitative estimate of drug-likeness (QED) is 0.748. The zero-order chi connectivity index (χ0) is 11.4. The Morgan fingerprint density at radius 2 is 2.50 bits per heavy atom. The van der Waals surface area contributed by atoms with E-state index in [4.69, 9.17) is 0 Å². The fourth-order valence-corrected chi connectivity index (χ4v) is 1.92. The fraction of sp³-hybridized carbons (Fsp3) is 0.364. The molecule has 1 aromatic heterocycles. The van der Waals surface area contributed by atoms with Crippen molar-refractivity contribution in [1.29, 1.82) is 0 Å². The Balaban J connectivity index is 2.12. The van der Waals surface area contributed by atoms with Gasteiger partial charge in [0.2, 0.25) is 6.41 Å². The number of carbonyl (C=O) groups excluding carboxylic acids is 2. The van der Waals surface area contributed by atoms with Gasteiger partial charge in [0.25, 0.3) is 5.91 Å². The fourth-order valence-electron chi connectivity index (χ4n) is 1.92. The second-order valence-electron chi connectivity index (χ2n) is 3.68. The summed E-state index contributed by atoms with van der Waals surface area (Å²) in [6.07, 6.45) is 5.35. The maximum Gasteiger partial charge on any atom is 0.257 e. The third kappa shape index (κ3) is 2.03. The SMILES string of the molecule is O=CNC1CCCN1C(=O)c1cccnc1.